The van der Waals surface area contributed by atoms with Gasteiger partial charge in [-0.1, -0.05) is 18.2 Å². The molecule has 0 aromatic heterocycles. The van der Waals surface area contributed by atoms with E-state index in [4.69, 9.17) is 5.26 Å². The Labute approximate surface area is 129 Å². The molecule has 0 radical (unpaired) electrons. The second kappa shape index (κ2) is 8.38. The van der Waals surface area contributed by atoms with Crippen LogP contribution in [-0.4, -0.2) is 11.7 Å². The van der Waals surface area contributed by atoms with E-state index in [9.17, 15) is 4.79 Å². The summed E-state index contributed by atoms with van der Waals surface area (Å²) in [7, 11) is 0. The SMILES string of the molecule is N#Cc1ccc(CSCC(=O)NNC2=CCCCC2)cc1. The molecule has 2 N–H and O–H groups in total. The van der Waals surface area contributed by atoms with Crippen molar-refractivity contribution < 1.29 is 4.79 Å². The summed E-state index contributed by atoms with van der Waals surface area (Å²) in [6.07, 6.45) is 6.67. The summed E-state index contributed by atoms with van der Waals surface area (Å²) in [5.41, 5.74) is 8.63. The largest absolute Gasteiger partial charge is 0.303 e. The van der Waals surface area contributed by atoms with Crippen molar-refractivity contribution in [1.82, 2.24) is 10.9 Å². The summed E-state index contributed by atoms with van der Waals surface area (Å²) in [5.74, 6) is 1.17. The third-order valence-electron chi connectivity index (χ3n) is 3.24. The van der Waals surface area contributed by atoms with Gasteiger partial charge < -0.3 is 5.43 Å². The molecule has 1 aliphatic rings. The average molecular weight is 301 g/mol. The number of hydrogen-bond acceptors (Lipinski definition) is 4. The first-order chi connectivity index (χ1) is 10.3. The van der Waals surface area contributed by atoms with E-state index in [1.807, 2.05) is 12.1 Å². The highest BCUT2D eigenvalue weighted by atomic mass is 32.2. The topological polar surface area (TPSA) is 64.9 Å². The molecule has 21 heavy (non-hydrogen) atoms. The zero-order chi connectivity index (χ0) is 14.9. The number of thioether (sulfide) groups is 1. The minimum atomic E-state index is -0.0138. The van der Waals surface area contributed by atoms with Crippen LogP contribution in [0.15, 0.2) is 36.0 Å². The normalized spacial score (nSPS) is 14.0. The molecule has 1 aliphatic carbocycles. The standard InChI is InChI=1S/C16H19N3OS/c17-10-13-6-8-14(9-7-13)11-21-12-16(20)19-18-15-4-2-1-3-5-15/h4,6-9,18H,1-3,5,11-12H2,(H,19,20). The molecule has 0 heterocycles. The Kier molecular flexibility index (Phi) is 6.17. The van der Waals surface area contributed by atoms with Crippen LogP contribution in [0, 0.1) is 11.3 Å². The van der Waals surface area contributed by atoms with Crippen molar-refractivity contribution in [2.75, 3.05) is 5.75 Å². The molecule has 0 spiro atoms. The van der Waals surface area contributed by atoms with Crippen molar-refractivity contribution in [3.8, 4) is 6.07 Å². The van der Waals surface area contributed by atoms with Crippen LogP contribution in [0.25, 0.3) is 0 Å². The fraction of sp³-hybridized carbons (Fsp3) is 0.375. The highest BCUT2D eigenvalue weighted by Gasteiger charge is 2.05. The number of nitrogens with zero attached hydrogens (tertiary/aromatic N) is 1. The lowest BCUT2D eigenvalue weighted by Crippen LogP contribution is -2.38. The van der Waals surface area contributed by atoms with Crippen LogP contribution < -0.4 is 10.9 Å². The average Bonchev–Trinajstić information content (AvgIpc) is 2.54. The first kappa shape index (κ1) is 15.5. The maximum Gasteiger partial charge on any atom is 0.248 e. The Bertz CT molecular complexity index is 546. The van der Waals surface area contributed by atoms with Gasteiger partial charge in [-0.05, 0) is 43.4 Å². The molecule has 0 bridgehead atoms. The molecule has 5 heteroatoms. The Balaban J connectivity index is 1.64. The number of amides is 1. The highest BCUT2D eigenvalue weighted by Crippen LogP contribution is 2.14. The van der Waals surface area contributed by atoms with E-state index < -0.39 is 0 Å². The summed E-state index contributed by atoms with van der Waals surface area (Å²) in [6.45, 7) is 0. The monoisotopic (exact) mass is 301 g/mol. The number of rotatable bonds is 6. The molecule has 0 fully saturated rings. The molecule has 1 aromatic carbocycles. The number of nitriles is 1. The summed E-state index contributed by atoms with van der Waals surface area (Å²) in [4.78, 5) is 11.7. The van der Waals surface area contributed by atoms with Gasteiger partial charge in [0.2, 0.25) is 5.91 Å². The third-order valence-corrected chi connectivity index (χ3v) is 4.24. The van der Waals surface area contributed by atoms with E-state index in [1.54, 1.807) is 23.9 Å². The number of carbonyl (C=O) groups excluding carboxylic acids is 1. The maximum atomic E-state index is 11.7. The van der Waals surface area contributed by atoms with Crippen molar-refractivity contribution in [3.63, 3.8) is 0 Å². The van der Waals surface area contributed by atoms with Gasteiger partial charge in [-0.25, -0.2) is 0 Å². The predicted octanol–water partition coefficient (Wildman–Crippen LogP) is 2.87. The summed E-state index contributed by atoms with van der Waals surface area (Å²) in [6, 6.07) is 9.54. The van der Waals surface area contributed by atoms with E-state index in [0.29, 0.717) is 11.3 Å². The lowest BCUT2D eigenvalue weighted by molar-refractivity contribution is -0.119. The summed E-state index contributed by atoms with van der Waals surface area (Å²) in [5, 5.41) is 8.72. The molecular formula is C16H19N3OS. The van der Waals surface area contributed by atoms with Gasteiger partial charge >= 0.3 is 0 Å². The van der Waals surface area contributed by atoms with Gasteiger partial charge in [-0.3, -0.25) is 10.2 Å². The van der Waals surface area contributed by atoms with Gasteiger partial charge in [0.1, 0.15) is 0 Å². The van der Waals surface area contributed by atoms with Crippen LogP contribution in [0.4, 0.5) is 0 Å². The van der Waals surface area contributed by atoms with Crippen molar-refractivity contribution in [2.45, 2.75) is 31.4 Å². The Morgan fingerprint density at radius 1 is 1.29 bits per heavy atom. The predicted molar refractivity (Wildman–Crippen MR) is 85.1 cm³/mol. The zero-order valence-electron chi connectivity index (χ0n) is 11.9. The molecular weight excluding hydrogens is 282 g/mol. The van der Waals surface area contributed by atoms with Gasteiger partial charge in [0.05, 0.1) is 17.4 Å². The second-order valence-electron chi connectivity index (χ2n) is 4.95. The van der Waals surface area contributed by atoms with Crippen LogP contribution >= 0.6 is 11.8 Å². The smallest absolute Gasteiger partial charge is 0.248 e. The van der Waals surface area contributed by atoms with E-state index in [1.165, 1.54) is 12.8 Å². The van der Waals surface area contributed by atoms with Gasteiger partial charge in [0.15, 0.2) is 0 Å². The van der Waals surface area contributed by atoms with Crippen molar-refractivity contribution >= 4 is 17.7 Å². The van der Waals surface area contributed by atoms with Gasteiger partial charge in [-0.2, -0.15) is 5.26 Å². The minimum Gasteiger partial charge on any atom is -0.303 e. The van der Waals surface area contributed by atoms with Crippen LogP contribution in [0.2, 0.25) is 0 Å². The molecule has 0 atom stereocenters. The molecule has 110 valence electrons. The molecule has 1 aromatic rings. The lowest BCUT2D eigenvalue weighted by atomic mass is 10.1. The van der Waals surface area contributed by atoms with Crippen molar-refractivity contribution in [1.29, 1.82) is 5.26 Å². The highest BCUT2D eigenvalue weighted by molar-refractivity contribution is 7.99. The van der Waals surface area contributed by atoms with Crippen LogP contribution in [0.1, 0.15) is 36.8 Å². The first-order valence-corrected chi connectivity index (χ1v) is 8.24. The van der Waals surface area contributed by atoms with Crippen LogP contribution in [0.5, 0.6) is 0 Å². The first-order valence-electron chi connectivity index (χ1n) is 7.08. The van der Waals surface area contributed by atoms with Gasteiger partial charge in [0, 0.05) is 11.4 Å². The van der Waals surface area contributed by atoms with Crippen LogP contribution in [-0.2, 0) is 10.5 Å². The quantitative estimate of drug-likeness (QED) is 0.793. The van der Waals surface area contributed by atoms with Crippen molar-refractivity contribution in [3.05, 3.63) is 47.2 Å². The third kappa shape index (κ3) is 5.52. The van der Waals surface area contributed by atoms with Crippen molar-refractivity contribution in [2.24, 2.45) is 0 Å². The summed E-state index contributed by atoms with van der Waals surface area (Å²) >= 11 is 1.56. The summed E-state index contributed by atoms with van der Waals surface area (Å²) < 4.78 is 0. The maximum absolute atomic E-state index is 11.7. The van der Waals surface area contributed by atoms with Crippen LogP contribution in [0.3, 0.4) is 0 Å². The van der Waals surface area contributed by atoms with Gasteiger partial charge in [-0.15, -0.1) is 11.8 Å². The minimum absolute atomic E-state index is 0.0138. The van der Waals surface area contributed by atoms with E-state index in [0.717, 1.165) is 29.9 Å². The Hall–Kier alpha value is -1.93. The number of carbonyl (C=O) groups is 1. The molecule has 0 aliphatic heterocycles. The molecule has 1 amide bonds. The molecule has 4 nitrogen and oxygen atoms in total. The van der Waals surface area contributed by atoms with E-state index in [2.05, 4.69) is 23.0 Å². The Morgan fingerprint density at radius 2 is 2.10 bits per heavy atom. The number of hydrazine groups is 1. The number of benzene rings is 1. The Morgan fingerprint density at radius 3 is 2.76 bits per heavy atom. The molecule has 0 saturated heterocycles. The number of hydrogen-bond donors (Lipinski definition) is 2. The lowest BCUT2D eigenvalue weighted by Gasteiger charge is -2.15. The zero-order valence-corrected chi connectivity index (χ0v) is 12.7. The van der Waals surface area contributed by atoms with E-state index >= 15 is 0 Å². The second-order valence-corrected chi connectivity index (χ2v) is 5.94. The molecule has 0 unspecified atom stereocenters. The molecule has 2 rings (SSSR count). The fourth-order valence-electron chi connectivity index (χ4n) is 2.07. The van der Waals surface area contributed by atoms with Gasteiger partial charge in [0.25, 0.3) is 0 Å². The number of allylic oxidation sites excluding steroid dienone is 2. The van der Waals surface area contributed by atoms with E-state index in [-0.39, 0.29) is 5.91 Å². The number of nitrogens with one attached hydrogen (secondary N) is 2. The molecule has 0 saturated carbocycles. The fourth-order valence-corrected chi connectivity index (χ4v) is 2.86.